The number of hydrogen-bond donors (Lipinski definition) is 1. The molecule has 112 valence electrons. The molecule has 1 N–H and O–H groups in total. The van der Waals surface area contributed by atoms with Crippen LogP contribution in [0.1, 0.15) is 46.5 Å². The van der Waals surface area contributed by atoms with Gasteiger partial charge >= 0.3 is 0 Å². The summed E-state index contributed by atoms with van der Waals surface area (Å²) in [6.45, 7) is 6.19. The lowest BCUT2D eigenvalue weighted by Gasteiger charge is -2.58. The summed E-state index contributed by atoms with van der Waals surface area (Å²) in [5.74, 6) is 0.452. The predicted molar refractivity (Wildman–Crippen MR) is 70.1 cm³/mol. The molecule has 1 aliphatic carbocycles. The molecule has 5 heteroatoms. The normalized spacial score (nSPS) is 57.8. The van der Waals surface area contributed by atoms with Gasteiger partial charge in [0.1, 0.15) is 0 Å². The van der Waals surface area contributed by atoms with Crippen molar-refractivity contribution in [1.29, 1.82) is 0 Å². The highest BCUT2D eigenvalue weighted by Gasteiger charge is 2.68. The molecule has 4 aliphatic heterocycles. The zero-order chi connectivity index (χ0) is 14.1. The molecule has 20 heavy (non-hydrogen) atoms. The van der Waals surface area contributed by atoms with Crippen molar-refractivity contribution >= 4 is 5.91 Å². The molecule has 0 radical (unpaired) electrons. The summed E-state index contributed by atoms with van der Waals surface area (Å²) in [6.07, 6.45) is 3.64. The SMILES string of the molecule is C[C@H]1CC[C@H]2[C@@H](C)C(=O)N[C@H]3O[C@]4(C)CC[C@H]1C32OO4. The number of nitrogens with one attached hydrogen (secondary N) is 1. The van der Waals surface area contributed by atoms with E-state index in [-0.39, 0.29) is 24.0 Å². The van der Waals surface area contributed by atoms with Crippen LogP contribution in [0.4, 0.5) is 0 Å². The van der Waals surface area contributed by atoms with Gasteiger partial charge in [0.05, 0.1) is 0 Å². The zero-order valence-electron chi connectivity index (χ0n) is 12.3. The van der Waals surface area contributed by atoms with Crippen molar-refractivity contribution < 1.29 is 19.3 Å². The molecule has 1 amide bonds. The molecule has 0 aromatic heterocycles. The van der Waals surface area contributed by atoms with Crippen molar-refractivity contribution in [3.8, 4) is 0 Å². The second kappa shape index (κ2) is 3.96. The van der Waals surface area contributed by atoms with Gasteiger partial charge in [-0.2, -0.15) is 0 Å². The first-order valence-electron chi connectivity index (χ1n) is 7.81. The molecule has 1 saturated carbocycles. The molecule has 2 bridgehead atoms. The quantitative estimate of drug-likeness (QED) is 0.690. The monoisotopic (exact) mass is 281 g/mol. The molecule has 5 fully saturated rings. The summed E-state index contributed by atoms with van der Waals surface area (Å²) in [5.41, 5.74) is -0.499. The minimum atomic E-state index is -0.731. The first-order chi connectivity index (χ1) is 9.46. The Bertz CT molecular complexity index is 455. The van der Waals surface area contributed by atoms with E-state index in [1.54, 1.807) is 0 Å². The smallest absolute Gasteiger partial charge is 0.225 e. The lowest BCUT2D eigenvalue weighted by Crippen LogP contribution is -2.74. The molecule has 4 heterocycles. The van der Waals surface area contributed by atoms with Crippen molar-refractivity contribution in [1.82, 2.24) is 5.32 Å². The van der Waals surface area contributed by atoms with Crippen LogP contribution in [-0.4, -0.2) is 23.5 Å². The van der Waals surface area contributed by atoms with Gasteiger partial charge in [-0.3, -0.25) is 4.79 Å². The maximum absolute atomic E-state index is 12.2. The van der Waals surface area contributed by atoms with E-state index in [0.717, 1.165) is 25.7 Å². The van der Waals surface area contributed by atoms with Gasteiger partial charge in [-0.25, -0.2) is 9.78 Å². The number of piperidine rings is 1. The number of rotatable bonds is 0. The lowest BCUT2D eigenvalue weighted by molar-refractivity contribution is -0.538. The van der Waals surface area contributed by atoms with Crippen LogP contribution in [0.2, 0.25) is 0 Å². The largest absolute Gasteiger partial charge is 0.328 e. The fourth-order valence-electron chi connectivity index (χ4n) is 4.92. The number of amides is 1. The number of hydrogen-bond acceptors (Lipinski definition) is 4. The van der Waals surface area contributed by atoms with E-state index in [4.69, 9.17) is 14.5 Å². The molecule has 1 spiro atoms. The van der Waals surface area contributed by atoms with Gasteiger partial charge in [0, 0.05) is 18.3 Å². The van der Waals surface area contributed by atoms with E-state index in [9.17, 15) is 4.79 Å². The number of fused-ring (bicyclic) bond motifs is 2. The van der Waals surface area contributed by atoms with E-state index in [1.807, 2.05) is 13.8 Å². The molecule has 0 aromatic carbocycles. The molecule has 4 saturated heterocycles. The molecule has 5 aliphatic rings. The van der Waals surface area contributed by atoms with E-state index in [1.165, 1.54) is 0 Å². The average Bonchev–Trinajstić information content (AvgIpc) is 2.63. The predicted octanol–water partition coefficient (Wildman–Crippen LogP) is 1.97. The summed E-state index contributed by atoms with van der Waals surface area (Å²) >= 11 is 0. The summed E-state index contributed by atoms with van der Waals surface area (Å²) < 4.78 is 6.12. The summed E-state index contributed by atoms with van der Waals surface area (Å²) in [6, 6.07) is 0. The highest BCUT2D eigenvalue weighted by molar-refractivity contribution is 5.80. The average molecular weight is 281 g/mol. The van der Waals surface area contributed by atoms with Crippen LogP contribution < -0.4 is 5.32 Å². The highest BCUT2D eigenvalue weighted by Crippen LogP contribution is 2.58. The van der Waals surface area contributed by atoms with Crippen LogP contribution >= 0.6 is 0 Å². The summed E-state index contributed by atoms with van der Waals surface area (Å²) in [7, 11) is 0. The fraction of sp³-hybridized carbons (Fsp3) is 0.933. The molecule has 5 rings (SSSR count). The molecule has 7 atom stereocenters. The van der Waals surface area contributed by atoms with E-state index in [0.29, 0.717) is 11.8 Å². The van der Waals surface area contributed by atoms with Crippen LogP contribution in [-0.2, 0) is 19.3 Å². The molecular formula is C15H23NO4. The second-order valence-corrected chi connectivity index (χ2v) is 7.26. The second-order valence-electron chi connectivity index (χ2n) is 7.26. The van der Waals surface area contributed by atoms with Gasteiger partial charge in [-0.05, 0) is 38.0 Å². The van der Waals surface area contributed by atoms with E-state index < -0.39 is 11.4 Å². The van der Waals surface area contributed by atoms with E-state index in [2.05, 4.69) is 12.2 Å². The van der Waals surface area contributed by atoms with Gasteiger partial charge in [-0.15, -0.1) is 0 Å². The number of carbonyl (C=O) groups is 1. The minimum absolute atomic E-state index is 0.0455. The number of carbonyl (C=O) groups excluding carboxylic acids is 1. The first-order valence-corrected chi connectivity index (χ1v) is 7.81. The van der Waals surface area contributed by atoms with Crippen molar-refractivity contribution in [3.05, 3.63) is 0 Å². The van der Waals surface area contributed by atoms with Gasteiger partial charge in [0.2, 0.25) is 11.7 Å². The van der Waals surface area contributed by atoms with Crippen LogP contribution in [0.5, 0.6) is 0 Å². The van der Waals surface area contributed by atoms with Crippen molar-refractivity contribution in [3.63, 3.8) is 0 Å². The third-order valence-corrected chi connectivity index (χ3v) is 6.12. The third-order valence-electron chi connectivity index (χ3n) is 6.12. The Labute approximate surface area is 119 Å². The Morgan fingerprint density at radius 1 is 1.15 bits per heavy atom. The molecule has 5 nitrogen and oxygen atoms in total. The standard InChI is InChI=1S/C15H23NO4/c1-8-4-5-11-9(2)12(17)16-13-15(11)10(8)6-7-14(3,18-13)19-20-15/h8-11,13H,4-7H2,1-3H3,(H,16,17)/t8-,9+,10+,11-,13-,14-,15?/m0/s1. The minimum Gasteiger partial charge on any atom is -0.328 e. The summed E-state index contributed by atoms with van der Waals surface area (Å²) in [4.78, 5) is 23.9. The Morgan fingerprint density at radius 3 is 2.75 bits per heavy atom. The van der Waals surface area contributed by atoms with Gasteiger partial charge < -0.3 is 10.1 Å². The maximum atomic E-state index is 12.2. The fourth-order valence-corrected chi connectivity index (χ4v) is 4.92. The number of ether oxygens (including phenoxy) is 1. The molecule has 0 aromatic rings. The van der Waals surface area contributed by atoms with Crippen molar-refractivity contribution in [2.24, 2.45) is 23.7 Å². The third kappa shape index (κ3) is 1.46. The zero-order valence-corrected chi connectivity index (χ0v) is 12.3. The van der Waals surface area contributed by atoms with Gasteiger partial charge in [-0.1, -0.05) is 13.8 Å². The molecular weight excluding hydrogens is 258 g/mol. The molecule has 1 unspecified atom stereocenters. The topological polar surface area (TPSA) is 56.8 Å². The van der Waals surface area contributed by atoms with Gasteiger partial charge in [0.15, 0.2) is 11.8 Å². The first kappa shape index (κ1) is 13.0. The Balaban J connectivity index is 1.84. The Kier molecular flexibility index (Phi) is 2.58. The Morgan fingerprint density at radius 2 is 1.95 bits per heavy atom. The lowest BCUT2D eigenvalue weighted by atomic mass is 9.57. The maximum Gasteiger partial charge on any atom is 0.225 e. The Hall–Kier alpha value is -0.650. The van der Waals surface area contributed by atoms with Crippen molar-refractivity contribution in [2.75, 3.05) is 0 Å². The summed E-state index contributed by atoms with van der Waals surface area (Å²) in [5, 5.41) is 3.04. The van der Waals surface area contributed by atoms with Crippen LogP contribution in [0, 0.1) is 23.7 Å². The van der Waals surface area contributed by atoms with Crippen molar-refractivity contribution in [2.45, 2.75) is 64.1 Å². The van der Waals surface area contributed by atoms with E-state index >= 15 is 0 Å². The van der Waals surface area contributed by atoms with Crippen LogP contribution in [0.25, 0.3) is 0 Å². The van der Waals surface area contributed by atoms with Crippen LogP contribution in [0.3, 0.4) is 0 Å². The van der Waals surface area contributed by atoms with Gasteiger partial charge in [0.25, 0.3) is 0 Å². The van der Waals surface area contributed by atoms with Crippen LogP contribution in [0.15, 0.2) is 0 Å². The highest BCUT2D eigenvalue weighted by atomic mass is 17.3.